The molecule has 0 saturated carbocycles. The lowest BCUT2D eigenvalue weighted by Crippen LogP contribution is -2.34. The molecule has 0 radical (unpaired) electrons. The third-order valence-electron chi connectivity index (χ3n) is 7.25. The van der Waals surface area contributed by atoms with Gasteiger partial charge in [0, 0.05) is 28.9 Å². The van der Waals surface area contributed by atoms with E-state index in [4.69, 9.17) is 4.74 Å². The van der Waals surface area contributed by atoms with E-state index < -0.39 is 18.0 Å². The van der Waals surface area contributed by atoms with Crippen molar-refractivity contribution >= 4 is 49.9 Å². The second kappa shape index (κ2) is 11.4. The van der Waals surface area contributed by atoms with Crippen molar-refractivity contribution in [1.29, 1.82) is 0 Å². The predicted octanol–water partition coefficient (Wildman–Crippen LogP) is 7.06. The van der Waals surface area contributed by atoms with Crippen LogP contribution in [0.15, 0.2) is 107 Å². The van der Waals surface area contributed by atoms with Gasteiger partial charge in [0.25, 0.3) is 11.5 Å². The maximum Gasteiger partial charge on any atom is 0.356 e. The first-order valence-corrected chi connectivity index (χ1v) is 14.5. The average molecular weight is 574 g/mol. The zero-order valence-corrected chi connectivity index (χ0v) is 23.9. The third kappa shape index (κ3) is 5.08. The summed E-state index contributed by atoms with van der Waals surface area (Å²) < 4.78 is 7.07. The molecule has 0 bridgehead atoms. The lowest BCUT2D eigenvalue weighted by atomic mass is 9.97. The molecule has 2 heterocycles. The molecule has 0 saturated heterocycles. The summed E-state index contributed by atoms with van der Waals surface area (Å²) in [5, 5.41) is 8.45. The Bertz CT molecular complexity index is 2010. The molecule has 6 rings (SSSR count). The number of thiazole rings is 1. The number of rotatable bonds is 7. The summed E-state index contributed by atoms with van der Waals surface area (Å²) in [6, 6.07) is 30.7. The number of esters is 1. The molecule has 1 unspecified atom stereocenters. The van der Waals surface area contributed by atoms with E-state index in [1.807, 2.05) is 78.2 Å². The van der Waals surface area contributed by atoms with Crippen LogP contribution < -0.4 is 10.9 Å². The summed E-state index contributed by atoms with van der Waals surface area (Å²) in [6.45, 7) is 1.76. The number of ether oxygens (including phenoxy) is 1. The van der Waals surface area contributed by atoms with Crippen molar-refractivity contribution in [2.24, 2.45) is 7.05 Å². The van der Waals surface area contributed by atoms with Crippen LogP contribution in [-0.2, 0) is 16.6 Å². The first-order chi connectivity index (χ1) is 20.4. The highest BCUT2D eigenvalue weighted by atomic mass is 32.1. The van der Waals surface area contributed by atoms with Crippen molar-refractivity contribution in [2.75, 3.05) is 5.32 Å². The summed E-state index contributed by atoms with van der Waals surface area (Å²) in [5.41, 5.74) is 2.79. The Balaban J connectivity index is 1.27. The SMILES string of the molecule is CCC(OC(=O)c1c(-c2ccccc2)c2ccccc2c(=O)n1C)C(=O)Nc1nc(-c2ccc3ccccc3c2)cs1. The quantitative estimate of drug-likeness (QED) is 0.207. The Morgan fingerprint density at radius 3 is 2.33 bits per heavy atom. The molecule has 4 aromatic carbocycles. The topological polar surface area (TPSA) is 90.3 Å². The van der Waals surface area contributed by atoms with Gasteiger partial charge in [-0.15, -0.1) is 11.3 Å². The van der Waals surface area contributed by atoms with Crippen molar-refractivity contribution in [3.05, 3.63) is 118 Å². The molecule has 8 heteroatoms. The van der Waals surface area contributed by atoms with Crippen LogP contribution in [0.2, 0.25) is 0 Å². The number of carbonyl (C=O) groups excluding carboxylic acids is 2. The van der Waals surface area contributed by atoms with Crippen LogP contribution in [-0.4, -0.2) is 27.5 Å². The number of carbonyl (C=O) groups is 2. The van der Waals surface area contributed by atoms with E-state index in [9.17, 15) is 14.4 Å². The monoisotopic (exact) mass is 573 g/mol. The largest absolute Gasteiger partial charge is 0.448 e. The summed E-state index contributed by atoms with van der Waals surface area (Å²) in [5.74, 6) is -1.24. The number of fused-ring (bicyclic) bond motifs is 2. The molecule has 0 aliphatic heterocycles. The van der Waals surface area contributed by atoms with Gasteiger partial charge in [0.15, 0.2) is 11.2 Å². The first-order valence-electron chi connectivity index (χ1n) is 13.6. The second-order valence-corrected chi connectivity index (χ2v) is 10.7. The van der Waals surface area contributed by atoms with Gasteiger partial charge in [0.2, 0.25) is 0 Å². The fraction of sp³-hybridized carbons (Fsp3) is 0.118. The smallest absolute Gasteiger partial charge is 0.356 e. The molecule has 0 spiro atoms. The summed E-state index contributed by atoms with van der Waals surface area (Å²) in [7, 11) is 1.54. The van der Waals surface area contributed by atoms with Crippen LogP contribution in [0.3, 0.4) is 0 Å². The Labute approximate surface area is 246 Å². The minimum atomic E-state index is -1.09. The number of nitrogens with zero attached hydrogens (tertiary/aromatic N) is 2. The average Bonchev–Trinajstić information content (AvgIpc) is 3.49. The first kappa shape index (κ1) is 27.1. The normalized spacial score (nSPS) is 11.9. The molecule has 1 N–H and O–H groups in total. The molecule has 0 fully saturated rings. The number of anilines is 1. The molecule has 0 aliphatic rings. The highest BCUT2D eigenvalue weighted by Crippen LogP contribution is 2.32. The van der Waals surface area contributed by atoms with Crippen LogP contribution in [0.25, 0.3) is 43.9 Å². The van der Waals surface area contributed by atoms with E-state index in [2.05, 4.69) is 22.4 Å². The molecule has 208 valence electrons. The van der Waals surface area contributed by atoms with Crippen molar-refractivity contribution in [3.8, 4) is 22.4 Å². The van der Waals surface area contributed by atoms with E-state index in [-0.39, 0.29) is 17.7 Å². The van der Waals surface area contributed by atoms with Gasteiger partial charge in [-0.05, 0) is 40.3 Å². The maximum absolute atomic E-state index is 13.7. The molecular formula is C34H27N3O4S. The summed E-state index contributed by atoms with van der Waals surface area (Å²) in [6.07, 6.45) is -0.849. The standard InChI is InChI=1S/C34H27N3O4S/c1-3-28(31(38)36-34-35-27(20-42-34)24-18-17-21-11-7-8-14-23(21)19-24)41-33(40)30-29(22-12-5-4-6-13-22)25-15-9-10-16-26(25)32(39)37(30)2/h4-20,28H,3H2,1-2H3,(H,35,36,38). The molecule has 1 amide bonds. The molecular weight excluding hydrogens is 546 g/mol. The third-order valence-corrected chi connectivity index (χ3v) is 8.01. The van der Waals surface area contributed by atoms with Gasteiger partial charge in [0.1, 0.15) is 5.69 Å². The Morgan fingerprint density at radius 1 is 0.881 bits per heavy atom. The van der Waals surface area contributed by atoms with E-state index in [1.165, 1.54) is 15.9 Å². The van der Waals surface area contributed by atoms with Crippen LogP contribution >= 0.6 is 11.3 Å². The highest BCUT2D eigenvalue weighted by Gasteiger charge is 2.28. The molecule has 6 aromatic rings. The molecule has 42 heavy (non-hydrogen) atoms. The van der Waals surface area contributed by atoms with E-state index in [0.717, 1.165) is 27.6 Å². The number of amides is 1. The van der Waals surface area contributed by atoms with Gasteiger partial charge < -0.3 is 9.30 Å². The number of aromatic nitrogens is 2. The fourth-order valence-electron chi connectivity index (χ4n) is 5.11. The zero-order chi connectivity index (χ0) is 29.2. The molecule has 0 aliphatic carbocycles. The number of benzene rings is 4. The van der Waals surface area contributed by atoms with E-state index in [0.29, 0.717) is 21.5 Å². The lowest BCUT2D eigenvalue weighted by molar-refractivity contribution is -0.124. The van der Waals surface area contributed by atoms with Crippen LogP contribution in [0.5, 0.6) is 0 Å². The minimum absolute atomic E-state index is 0.0870. The number of nitrogens with one attached hydrogen (secondary N) is 1. The lowest BCUT2D eigenvalue weighted by Gasteiger charge is -2.20. The van der Waals surface area contributed by atoms with Crippen LogP contribution in [0.4, 0.5) is 5.13 Å². The molecule has 1 atom stereocenters. The highest BCUT2D eigenvalue weighted by molar-refractivity contribution is 7.14. The zero-order valence-electron chi connectivity index (χ0n) is 23.0. The number of hydrogen-bond donors (Lipinski definition) is 1. The summed E-state index contributed by atoms with van der Waals surface area (Å²) in [4.78, 5) is 44.8. The molecule has 7 nitrogen and oxygen atoms in total. The number of hydrogen-bond acceptors (Lipinski definition) is 6. The van der Waals surface area contributed by atoms with Crippen LogP contribution in [0.1, 0.15) is 23.8 Å². The Hall–Kier alpha value is -5.08. The Morgan fingerprint density at radius 2 is 1.57 bits per heavy atom. The maximum atomic E-state index is 13.7. The van der Waals surface area contributed by atoms with Gasteiger partial charge in [-0.2, -0.15) is 0 Å². The minimum Gasteiger partial charge on any atom is -0.448 e. The second-order valence-electron chi connectivity index (χ2n) is 9.89. The van der Waals surface area contributed by atoms with Gasteiger partial charge >= 0.3 is 5.97 Å². The van der Waals surface area contributed by atoms with Gasteiger partial charge in [-0.25, -0.2) is 9.78 Å². The van der Waals surface area contributed by atoms with E-state index >= 15 is 0 Å². The van der Waals surface area contributed by atoms with Crippen molar-refractivity contribution in [1.82, 2.24) is 9.55 Å². The van der Waals surface area contributed by atoms with Crippen molar-refractivity contribution in [3.63, 3.8) is 0 Å². The van der Waals surface area contributed by atoms with Gasteiger partial charge in [-0.3, -0.25) is 14.9 Å². The van der Waals surface area contributed by atoms with Gasteiger partial charge in [0.05, 0.1) is 5.69 Å². The Kier molecular flexibility index (Phi) is 7.37. The molecule has 2 aromatic heterocycles. The predicted molar refractivity (Wildman–Crippen MR) is 168 cm³/mol. The van der Waals surface area contributed by atoms with E-state index in [1.54, 1.807) is 26.1 Å². The van der Waals surface area contributed by atoms with Gasteiger partial charge in [-0.1, -0.05) is 91.9 Å². The fourth-order valence-corrected chi connectivity index (χ4v) is 5.83. The van der Waals surface area contributed by atoms with Crippen molar-refractivity contribution < 1.29 is 14.3 Å². The summed E-state index contributed by atoms with van der Waals surface area (Å²) >= 11 is 1.30. The van der Waals surface area contributed by atoms with Crippen molar-refractivity contribution in [2.45, 2.75) is 19.4 Å². The number of pyridine rings is 1. The van der Waals surface area contributed by atoms with Crippen LogP contribution in [0, 0.1) is 0 Å².